The zero-order chi connectivity index (χ0) is 10.7. The molecular formula is C13H11FO. The fraction of sp³-hybridized carbons (Fsp3) is 0.0769. The first-order valence-corrected chi connectivity index (χ1v) is 4.76. The van der Waals surface area contributed by atoms with E-state index in [0.717, 1.165) is 5.56 Å². The first-order chi connectivity index (χ1) is 7.33. The number of hydrogen-bond acceptors (Lipinski definition) is 1. The summed E-state index contributed by atoms with van der Waals surface area (Å²) >= 11 is 0. The summed E-state index contributed by atoms with van der Waals surface area (Å²) in [5.74, 6) is -0.341. The van der Waals surface area contributed by atoms with Crippen LogP contribution in [-0.4, -0.2) is 5.11 Å². The summed E-state index contributed by atoms with van der Waals surface area (Å²) in [5, 5.41) is 8.95. The molecule has 0 saturated carbocycles. The molecule has 0 aliphatic rings. The lowest BCUT2D eigenvalue weighted by atomic mass is 10.0. The first kappa shape index (κ1) is 9.87. The summed E-state index contributed by atoms with van der Waals surface area (Å²) in [6.45, 7) is -0.271. The Bertz CT molecular complexity index is 451. The average molecular weight is 202 g/mol. The fourth-order valence-corrected chi connectivity index (χ4v) is 1.54. The van der Waals surface area contributed by atoms with Gasteiger partial charge in [0.1, 0.15) is 5.82 Å². The zero-order valence-electron chi connectivity index (χ0n) is 8.15. The molecule has 15 heavy (non-hydrogen) atoms. The van der Waals surface area contributed by atoms with Gasteiger partial charge in [0.15, 0.2) is 0 Å². The molecule has 1 nitrogen and oxygen atoms in total. The number of rotatable bonds is 2. The molecule has 0 aromatic heterocycles. The van der Waals surface area contributed by atoms with Gasteiger partial charge < -0.3 is 5.11 Å². The van der Waals surface area contributed by atoms with Gasteiger partial charge in [-0.2, -0.15) is 0 Å². The van der Waals surface area contributed by atoms with Crippen molar-refractivity contribution in [1.29, 1.82) is 0 Å². The van der Waals surface area contributed by atoms with Crippen LogP contribution >= 0.6 is 0 Å². The molecule has 2 aromatic rings. The Hall–Kier alpha value is -1.67. The Kier molecular flexibility index (Phi) is 2.79. The minimum atomic E-state index is -0.341. The summed E-state index contributed by atoms with van der Waals surface area (Å²) in [6, 6.07) is 14.3. The van der Waals surface area contributed by atoms with Crippen molar-refractivity contribution in [3.05, 3.63) is 59.9 Å². The summed E-state index contributed by atoms with van der Waals surface area (Å²) in [4.78, 5) is 0. The maximum absolute atomic E-state index is 13.8. The molecule has 0 bridgehead atoms. The first-order valence-electron chi connectivity index (χ1n) is 4.76. The molecule has 0 fully saturated rings. The molecule has 2 rings (SSSR count). The van der Waals surface area contributed by atoms with E-state index in [1.165, 1.54) is 0 Å². The van der Waals surface area contributed by atoms with Crippen molar-refractivity contribution in [2.45, 2.75) is 6.61 Å². The number of halogens is 1. The molecule has 0 aliphatic heterocycles. The predicted octanol–water partition coefficient (Wildman–Crippen LogP) is 2.99. The average Bonchev–Trinajstić information content (AvgIpc) is 2.30. The van der Waals surface area contributed by atoms with Gasteiger partial charge in [0.2, 0.25) is 0 Å². The van der Waals surface area contributed by atoms with Gasteiger partial charge in [0.25, 0.3) is 0 Å². The van der Waals surface area contributed by atoms with Crippen LogP contribution in [0.4, 0.5) is 4.39 Å². The van der Waals surface area contributed by atoms with Gasteiger partial charge in [-0.1, -0.05) is 48.5 Å². The second kappa shape index (κ2) is 4.24. The highest BCUT2D eigenvalue weighted by Gasteiger charge is 2.07. The molecule has 2 aromatic carbocycles. The van der Waals surface area contributed by atoms with Crippen molar-refractivity contribution in [3.63, 3.8) is 0 Å². The van der Waals surface area contributed by atoms with E-state index in [0.29, 0.717) is 11.1 Å². The molecule has 1 N–H and O–H groups in total. The molecular weight excluding hydrogens is 191 g/mol. The van der Waals surface area contributed by atoms with Gasteiger partial charge >= 0.3 is 0 Å². The minimum Gasteiger partial charge on any atom is -0.392 e. The van der Waals surface area contributed by atoms with Crippen molar-refractivity contribution in [2.75, 3.05) is 0 Å². The molecule has 0 radical (unpaired) electrons. The van der Waals surface area contributed by atoms with Crippen molar-refractivity contribution < 1.29 is 9.50 Å². The molecule has 0 saturated heterocycles. The lowest BCUT2D eigenvalue weighted by Gasteiger charge is -2.06. The largest absolute Gasteiger partial charge is 0.392 e. The summed E-state index contributed by atoms with van der Waals surface area (Å²) in [6.07, 6.45) is 0. The summed E-state index contributed by atoms with van der Waals surface area (Å²) in [5.41, 5.74) is 1.68. The van der Waals surface area contributed by atoms with Crippen LogP contribution in [0.1, 0.15) is 5.56 Å². The Morgan fingerprint density at radius 2 is 1.67 bits per heavy atom. The Labute approximate surface area is 87.8 Å². The van der Waals surface area contributed by atoms with Crippen LogP contribution in [0.5, 0.6) is 0 Å². The molecule has 0 amide bonds. The summed E-state index contributed by atoms with van der Waals surface area (Å²) < 4.78 is 13.8. The monoisotopic (exact) mass is 202 g/mol. The van der Waals surface area contributed by atoms with Gasteiger partial charge in [-0.05, 0) is 5.56 Å². The van der Waals surface area contributed by atoms with Crippen LogP contribution in [0.15, 0.2) is 48.5 Å². The van der Waals surface area contributed by atoms with Crippen molar-refractivity contribution in [3.8, 4) is 11.1 Å². The number of hydrogen-bond donors (Lipinski definition) is 1. The van der Waals surface area contributed by atoms with Crippen LogP contribution in [0.2, 0.25) is 0 Å². The van der Waals surface area contributed by atoms with E-state index in [2.05, 4.69) is 0 Å². The van der Waals surface area contributed by atoms with Crippen molar-refractivity contribution in [1.82, 2.24) is 0 Å². The number of benzene rings is 2. The lowest BCUT2D eigenvalue weighted by molar-refractivity contribution is 0.276. The van der Waals surface area contributed by atoms with Crippen molar-refractivity contribution in [2.24, 2.45) is 0 Å². The predicted molar refractivity (Wildman–Crippen MR) is 57.8 cm³/mol. The van der Waals surface area contributed by atoms with E-state index in [4.69, 9.17) is 5.11 Å². The van der Waals surface area contributed by atoms with E-state index >= 15 is 0 Å². The fourth-order valence-electron chi connectivity index (χ4n) is 1.54. The maximum Gasteiger partial charge on any atom is 0.136 e. The standard InChI is InChI=1S/C13H11FO/c14-13-11(9-15)7-4-8-12(13)10-5-2-1-3-6-10/h1-8,15H,9H2. The van der Waals surface area contributed by atoms with Gasteiger partial charge in [0, 0.05) is 11.1 Å². The van der Waals surface area contributed by atoms with Crippen LogP contribution in [-0.2, 0) is 6.61 Å². The minimum absolute atomic E-state index is 0.271. The third-order valence-electron chi connectivity index (χ3n) is 2.33. The van der Waals surface area contributed by atoms with Gasteiger partial charge in [-0.15, -0.1) is 0 Å². The lowest BCUT2D eigenvalue weighted by Crippen LogP contribution is -1.92. The number of aliphatic hydroxyl groups is 1. The highest BCUT2D eigenvalue weighted by Crippen LogP contribution is 2.24. The Morgan fingerprint density at radius 1 is 0.933 bits per heavy atom. The highest BCUT2D eigenvalue weighted by atomic mass is 19.1. The second-order valence-corrected chi connectivity index (χ2v) is 3.30. The van der Waals surface area contributed by atoms with Crippen molar-refractivity contribution >= 4 is 0 Å². The van der Waals surface area contributed by atoms with Crippen LogP contribution in [0.3, 0.4) is 0 Å². The smallest absolute Gasteiger partial charge is 0.136 e. The Morgan fingerprint density at radius 3 is 2.33 bits per heavy atom. The second-order valence-electron chi connectivity index (χ2n) is 3.30. The van der Waals surface area contributed by atoms with Gasteiger partial charge in [-0.25, -0.2) is 4.39 Å². The molecule has 76 valence electrons. The molecule has 0 aliphatic carbocycles. The zero-order valence-corrected chi connectivity index (χ0v) is 8.15. The van der Waals surface area contributed by atoms with E-state index in [9.17, 15) is 4.39 Å². The van der Waals surface area contributed by atoms with Gasteiger partial charge in [-0.3, -0.25) is 0 Å². The maximum atomic E-state index is 13.8. The molecule has 2 heteroatoms. The quantitative estimate of drug-likeness (QED) is 0.793. The highest BCUT2D eigenvalue weighted by molar-refractivity contribution is 5.64. The normalized spacial score (nSPS) is 10.3. The SMILES string of the molecule is OCc1cccc(-c2ccccc2)c1F. The summed E-state index contributed by atoms with van der Waals surface area (Å²) in [7, 11) is 0. The molecule has 0 heterocycles. The van der Waals surface area contributed by atoms with Gasteiger partial charge in [0.05, 0.1) is 6.61 Å². The van der Waals surface area contributed by atoms with E-state index in [1.54, 1.807) is 18.2 Å². The van der Waals surface area contributed by atoms with E-state index in [-0.39, 0.29) is 12.4 Å². The third-order valence-corrected chi connectivity index (χ3v) is 2.33. The van der Waals surface area contributed by atoms with E-state index < -0.39 is 0 Å². The number of aliphatic hydroxyl groups excluding tert-OH is 1. The van der Waals surface area contributed by atoms with Crippen LogP contribution in [0, 0.1) is 5.82 Å². The van der Waals surface area contributed by atoms with E-state index in [1.807, 2.05) is 30.3 Å². The Balaban J connectivity index is 2.54. The molecule has 0 atom stereocenters. The third kappa shape index (κ3) is 1.90. The van der Waals surface area contributed by atoms with Crippen LogP contribution < -0.4 is 0 Å². The topological polar surface area (TPSA) is 20.2 Å². The molecule has 0 unspecified atom stereocenters. The van der Waals surface area contributed by atoms with Crippen LogP contribution in [0.25, 0.3) is 11.1 Å². The molecule has 0 spiro atoms.